The number of benzene rings is 1. The first-order valence-electron chi connectivity index (χ1n) is 4.08. The minimum atomic E-state index is -0.0915. The van der Waals surface area contributed by atoms with E-state index in [2.05, 4.69) is 10.6 Å². The lowest BCUT2D eigenvalue weighted by Gasteiger charge is -2.21. The van der Waals surface area contributed by atoms with Gasteiger partial charge in [0.05, 0.1) is 0 Å². The third-order valence-electron chi connectivity index (χ3n) is 2.04. The lowest BCUT2D eigenvalue weighted by atomic mass is 10.0. The van der Waals surface area contributed by atoms with E-state index in [9.17, 15) is 0 Å². The van der Waals surface area contributed by atoms with Crippen molar-refractivity contribution in [2.24, 2.45) is 0 Å². The zero-order valence-corrected chi connectivity index (χ0v) is 6.99. The van der Waals surface area contributed by atoms with Gasteiger partial charge in [-0.3, -0.25) is 5.32 Å². The molecule has 1 heterocycles. The van der Waals surface area contributed by atoms with E-state index in [1.807, 2.05) is 42.7 Å². The summed E-state index contributed by atoms with van der Waals surface area (Å²) >= 11 is 0. The van der Waals surface area contributed by atoms with Gasteiger partial charge in [0.1, 0.15) is 6.17 Å². The van der Waals surface area contributed by atoms with E-state index in [4.69, 9.17) is 5.26 Å². The number of nitriles is 1. The van der Waals surface area contributed by atoms with Crippen molar-refractivity contribution in [2.45, 2.75) is 6.17 Å². The Bertz CT molecular complexity index is 376. The summed E-state index contributed by atoms with van der Waals surface area (Å²) in [5.41, 5.74) is 2.25. The molecule has 1 unspecified atom stereocenters. The highest BCUT2D eigenvalue weighted by Crippen LogP contribution is 2.20. The Labute approximate surface area is 76.7 Å². The molecule has 13 heavy (non-hydrogen) atoms. The second kappa shape index (κ2) is 3.20. The predicted octanol–water partition coefficient (Wildman–Crippen LogP) is 1.33. The van der Waals surface area contributed by atoms with Gasteiger partial charge >= 0.3 is 0 Å². The van der Waals surface area contributed by atoms with Crippen LogP contribution < -0.4 is 10.6 Å². The van der Waals surface area contributed by atoms with E-state index < -0.39 is 0 Å². The van der Waals surface area contributed by atoms with Gasteiger partial charge in [-0.15, -0.1) is 0 Å². The van der Waals surface area contributed by atoms with Crippen LogP contribution in [0.1, 0.15) is 17.3 Å². The third-order valence-corrected chi connectivity index (χ3v) is 2.04. The average molecular weight is 171 g/mol. The Balaban J connectivity index is 2.39. The van der Waals surface area contributed by atoms with Gasteiger partial charge in [0, 0.05) is 5.56 Å². The summed E-state index contributed by atoms with van der Waals surface area (Å²) in [7, 11) is 0. The molecule has 1 aliphatic rings. The molecule has 3 heteroatoms. The molecule has 1 aromatic carbocycles. The molecule has 0 spiro atoms. The topological polar surface area (TPSA) is 47.9 Å². The molecule has 1 atom stereocenters. The van der Waals surface area contributed by atoms with Gasteiger partial charge in [0.25, 0.3) is 0 Å². The standard InChI is InChI=1S/C10H9N3/c11-7-13-10-9-4-2-1-3-8(9)5-6-12-10/h1-6,10,12-13H. The van der Waals surface area contributed by atoms with Crippen molar-refractivity contribution in [1.29, 1.82) is 5.26 Å². The molecule has 0 amide bonds. The van der Waals surface area contributed by atoms with Crippen LogP contribution in [0.5, 0.6) is 0 Å². The Hall–Kier alpha value is -1.95. The summed E-state index contributed by atoms with van der Waals surface area (Å²) in [6, 6.07) is 7.98. The first-order valence-corrected chi connectivity index (χ1v) is 4.08. The summed E-state index contributed by atoms with van der Waals surface area (Å²) < 4.78 is 0. The van der Waals surface area contributed by atoms with Gasteiger partial charge in [-0.2, -0.15) is 5.26 Å². The monoisotopic (exact) mass is 171 g/mol. The Kier molecular flexibility index (Phi) is 1.89. The number of fused-ring (bicyclic) bond motifs is 1. The zero-order valence-electron chi connectivity index (χ0n) is 6.99. The maximum Gasteiger partial charge on any atom is 0.178 e. The SMILES string of the molecule is N#CNC1NC=Cc2ccccc21. The minimum absolute atomic E-state index is 0.0915. The van der Waals surface area contributed by atoms with Crippen molar-refractivity contribution in [2.75, 3.05) is 0 Å². The van der Waals surface area contributed by atoms with Gasteiger partial charge in [-0.05, 0) is 17.8 Å². The van der Waals surface area contributed by atoms with Crippen LogP contribution in [0.2, 0.25) is 0 Å². The summed E-state index contributed by atoms with van der Waals surface area (Å²) in [6.45, 7) is 0. The van der Waals surface area contributed by atoms with Crippen molar-refractivity contribution < 1.29 is 0 Å². The van der Waals surface area contributed by atoms with Crippen LogP contribution >= 0.6 is 0 Å². The molecule has 2 N–H and O–H groups in total. The Morgan fingerprint density at radius 1 is 1.38 bits per heavy atom. The van der Waals surface area contributed by atoms with Crippen molar-refractivity contribution in [1.82, 2.24) is 10.6 Å². The van der Waals surface area contributed by atoms with Crippen LogP contribution in [0, 0.1) is 11.5 Å². The van der Waals surface area contributed by atoms with E-state index in [-0.39, 0.29) is 6.17 Å². The highest BCUT2D eigenvalue weighted by atomic mass is 15.1. The minimum Gasteiger partial charge on any atom is -0.367 e. The molecular formula is C10H9N3. The van der Waals surface area contributed by atoms with Crippen LogP contribution in [0.25, 0.3) is 6.08 Å². The lowest BCUT2D eigenvalue weighted by molar-refractivity contribution is 0.567. The largest absolute Gasteiger partial charge is 0.367 e. The number of nitrogens with one attached hydrogen (secondary N) is 2. The summed E-state index contributed by atoms with van der Waals surface area (Å²) in [6.07, 6.45) is 5.68. The van der Waals surface area contributed by atoms with Gasteiger partial charge < -0.3 is 5.32 Å². The first kappa shape index (κ1) is 7.69. The molecule has 0 fully saturated rings. The molecule has 3 nitrogen and oxygen atoms in total. The molecule has 64 valence electrons. The third kappa shape index (κ3) is 1.34. The van der Waals surface area contributed by atoms with Crippen LogP contribution in [0.3, 0.4) is 0 Å². The summed E-state index contributed by atoms with van der Waals surface area (Å²) in [4.78, 5) is 0. The normalized spacial score (nSPS) is 18.2. The molecule has 0 saturated carbocycles. The van der Waals surface area contributed by atoms with Gasteiger partial charge in [-0.25, -0.2) is 0 Å². The van der Waals surface area contributed by atoms with E-state index in [1.165, 1.54) is 0 Å². The fraction of sp³-hybridized carbons (Fsp3) is 0.100. The molecular weight excluding hydrogens is 162 g/mol. The Morgan fingerprint density at radius 3 is 3.08 bits per heavy atom. The van der Waals surface area contributed by atoms with Crippen molar-refractivity contribution in [3.05, 3.63) is 41.6 Å². The fourth-order valence-corrected chi connectivity index (χ4v) is 1.43. The van der Waals surface area contributed by atoms with Gasteiger partial charge in [-0.1, -0.05) is 24.3 Å². The molecule has 0 radical (unpaired) electrons. The van der Waals surface area contributed by atoms with Crippen molar-refractivity contribution >= 4 is 6.08 Å². The van der Waals surface area contributed by atoms with E-state index in [1.54, 1.807) is 0 Å². The van der Waals surface area contributed by atoms with Crippen molar-refractivity contribution in [3.63, 3.8) is 0 Å². The zero-order chi connectivity index (χ0) is 9.10. The molecule has 0 bridgehead atoms. The number of hydrogen-bond acceptors (Lipinski definition) is 3. The van der Waals surface area contributed by atoms with E-state index >= 15 is 0 Å². The molecule has 1 aromatic rings. The number of rotatable bonds is 1. The highest BCUT2D eigenvalue weighted by Gasteiger charge is 2.13. The number of nitrogens with zero attached hydrogens (tertiary/aromatic N) is 1. The van der Waals surface area contributed by atoms with Crippen LogP contribution in [0.4, 0.5) is 0 Å². The summed E-state index contributed by atoms with van der Waals surface area (Å²) in [5.74, 6) is 0. The number of hydrogen-bond donors (Lipinski definition) is 2. The highest BCUT2D eigenvalue weighted by molar-refractivity contribution is 5.56. The second-order valence-corrected chi connectivity index (χ2v) is 2.82. The first-order chi connectivity index (χ1) is 6.42. The molecule has 2 rings (SSSR count). The summed E-state index contributed by atoms with van der Waals surface area (Å²) in [5, 5.41) is 14.3. The van der Waals surface area contributed by atoms with E-state index in [0.29, 0.717) is 0 Å². The van der Waals surface area contributed by atoms with Gasteiger partial charge in [0.2, 0.25) is 0 Å². The lowest BCUT2D eigenvalue weighted by Crippen LogP contribution is -2.30. The molecule has 0 aliphatic carbocycles. The Morgan fingerprint density at radius 2 is 2.23 bits per heavy atom. The molecule has 1 aliphatic heterocycles. The van der Waals surface area contributed by atoms with Crippen LogP contribution in [-0.4, -0.2) is 0 Å². The van der Waals surface area contributed by atoms with Crippen molar-refractivity contribution in [3.8, 4) is 6.19 Å². The molecule has 0 saturated heterocycles. The maximum absolute atomic E-state index is 8.52. The van der Waals surface area contributed by atoms with Gasteiger partial charge in [0.15, 0.2) is 6.19 Å². The second-order valence-electron chi connectivity index (χ2n) is 2.82. The van der Waals surface area contributed by atoms with E-state index in [0.717, 1.165) is 11.1 Å². The average Bonchev–Trinajstić information content (AvgIpc) is 2.19. The quantitative estimate of drug-likeness (QED) is 0.495. The maximum atomic E-state index is 8.52. The fourth-order valence-electron chi connectivity index (χ4n) is 1.43. The predicted molar refractivity (Wildman–Crippen MR) is 50.1 cm³/mol. The van der Waals surface area contributed by atoms with Crippen LogP contribution in [0.15, 0.2) is 30.5 Å². The molecule has 0 aromatic heterocycles. The van der Waals surface area contributed by atoms with Crippen LogP contribution in [-0.2, 0) is 0 Å². The smallest absolute Gasteiger partial charge is 0.178 e.